The lowest BCUT2D eigenvalue weighted by molar-refractivity contribution is 0.669. The third-order valence-corrected chi connectivity index (χ3v) is 10.3. The quantitative estimate of drug-likeness (QED) is 0.186. The van der Waals surface area contributed by atoms with E-state index >= 15 is 0 Å². The number of benzene rings is 8. The Balaban J connectivity index is 1.11. The van der Waals surface area contributed by atoms with Crippen molar-refractivity contribution in [3.8, 4) is 22.3 Å². The van der Waals surface area contributed by atoms with E-state index in [2.05, 4.69) is 181 Å². The monoisotopic (exact) mass is 639 g/mol. The first kappa shape index (κ1) is 28.6. The fourth-order valence-electron chi connectivity index (χ4n) is 8.00. The Hall–Kier alpha value is -6.38. The number of fused-ring (bicyclic) bond motifs is 8. The van der Waals surface area contributed by atoms with E-state index in [0.29, 0.717) is 0 Å². The van der Waals surface area contributed by atoms with Gasteiger partial charge in [-0.3, -0.25) is 0 Å². The van der Waals surface area contributed by atoms with Crippen LogP contribution in [0, 0.1) is 0 Å². The maximum Gasteiger partial charge on any atom is 0.137 e. The molecule has 1 aromatic heterocycles. The predicted molar refractivity (Wildman–Crippen MR) is 212 cm³/mol. The number of hydrogen-bond acceptors (Lipinski definition) is 2. The summed E-state index contributed by atoms with van der Waals surface area (Å²) in [5, 5.41) is 7.38. The van der Waals surface area contributed by atoms with Crippen LogP contribution in [0.25, 0.3) is 71.8 Å². The summed E-state index contributed by atoms with van der Waals surface area (Å²) in [7, 11) is 0. The average molecular weight is 640 g/mol. The van der Waals surface area contributed by atoms with Crippen molar-refractivity contribution in [2.75, 3.05) is 4.90 Å². The van der Waals surface area contributed by atoms with Gasteiger partial charge in [0.15, 0.2) is 0 Å². The number of aryl methyl sites for hydroxylation is 1. The Labute approximate surface area is 291 Å². The van der Waals surface area contributed by atoms with Crippen LogP contribution in [-0.2, 0) is 6.42 Å². The lowest BCUT2D eigenvalue weighted by Gasteiger charge is -2.26. The van der Waals surface area contributed by atoms with Crippen LogP contribution in [0.15, 0.2) is 174 Å². The number of anilines is 3. The van der Waals surface area contributed by atoms with E-state index < -0.39 is 0 Å². The van der Waals surface area contributed by atoms with Crippen molar-refractivity contribution in [3.63, 3.8) is 0 Å². The standard InChI is InChI=1S/C48H33NO/c1-3-13-32(14-4-1)45-31-47-48(42-22-12-11-21-41(42)45)43-28-27-37(30-46(43)50-47)49(35-16-5-2-6-17-35)36-25-23-33(24-26-36)44-29-34-15-7-8-18-38(34)39-19-9-10-20-40(39)44/h1-8,10-18,20-31H,9,19H2. The van der Waals surface area contributed by atoms with Crippen LogP contribution in [0.4, 0.5) is 17.1 Å². The van der Waals surface area contributed by atoms with Crippen LogP contribution in [0.1, 0.15) is 17.5 Å². The number of furan rings is 1. The average Bonchev–Trinajstić information content (AvgIpc) is 3.56. The molecule has 236 valence electrons. The van der Waals surface area contributed by atoms with Gasteiger partial charge in [-0.2, -0.15) is 0 Å². The third kappa shape index (κ3) is 4.64. The van der Waals surface area contributed by atoms with E-state index in [1.807, 2.05) is 0 Å². The summed E-state index contributed by atoms with van der Waals surface area (Å²) in [6.45, 7) is 0. The molecule has 0 aliphatic heterocycles. The maximum absolute atomic E-state index is 6.72. The molecule has 9 aromatic rings. The van der Waals surface area contributed by atoms with Gasteiger partial charge in [-0.25, -0.2) is 0 Å². The second kappa shape index (κ2) is 11.6. The maximum atomic E-state index is 6.72. The smallest absolute Gasteiger partial charge is 0.137 e. The van der Waals surface area contributed by atoms with Crippen molar-refractivity contribution < 1.29 is 4.42 Å². The van der Waals surface area contributed by atoms with Crippen molar-refractivity contribution in [3.05, 3.63) is 181 Å². The molecular formula is C48H33NO. The molecule has 1 heterocycles. The summed E-state index contributed by atoms with van der Waals surface area (Å²) in [6, 6.07) is 58.9. The van der Waals surface area contributed by atoms with Gasteiger partial charge in [0.2, 0.25) is 0 Å². The molecule has 0 saturated carbocycles. The fourth-order valence-corrected chi connectivity index (χ4v) is 8.00. The molecule has 1 aliphatic carbocycles. The Kier molecular flexibility index (Phi) is 6.67. The van der Waals surface area contributed by atoms with E-state index in [1.165, 1.54) is 54.9 Å². The summed E-state index contributed by atoms with van der Waals surface area (Å²) < 4.78 is 6.72. The van der Waals surface area contributed by atoms with E-state index in [4.69, 9.17) is 4.42 Å². The van der Waals surface area contributed by atoms with Crippen LogP contribution in [0.5, 0.6) is 0 Å². The lowest BCUT2D eigenvalue weighted by atomic mass is 9.86. The molecule has 0 atom stereocenters. The zero-order valence-corrected chi connectivity index (χ0v) is 27.5. The van der Waals surface area contributed by atoms with Gasteiger partial charge in [0.05, 0.1) is 0 Å². The summed E-state index contributed by atoms with van der Waals surface area (Å²) in [5.41, 5.74) is 12.7. The number of nitrogens with zero attached hydrogens (tertiary/aromatic N) is 1. The van der Waals surface area contributed by atoms with Crippen LogP contribution in [-0.4, -0.2) is 0 Å². The molecule has 0 radical (unpaired) electrons. The van der Waals surface area contributed by atoms with Gasteiger partial charge in [-0.15, -0.1) is 0 Å². The number of hydrogen-bond donors (Lipinski definition) is 0. The van der Waals surface area contributed by atoms with E-state index in [1.54, 1.807) is 0 Å². The van der Waals surface area contributed by atoms with E-state index in [0.717, 1.165) is 51.8 Å². The Morgan fingerprint density at radius 3 is 1.94 bits per heavy atom. The summed E-state index contributed by atoms with van der Waals surface area (Å²) >= 11 is 0. The molecule has 2 nitrogen and oxygen atoms in total. The molecular weight excluding hydrogens is 607 g/mol. The van der Waals surface area contributed by atoms with E-state index in [-0.39, 0.29) is 0 Å². The lowest BCUT2D eigenvalue weighted by Crippen LogP contribution is -2.09. The zero-order chi connectivity index (χ0) is 33.0. The highest BCUT2D eigenvalue weighted by molar-refractivity contribution is 6.22. The highest BCUT2D eigenvalue weighted by Gasteiger charge is 2.19. The molecule has 0 N–H and O–H groups in total. The van der Waals surface area contributed by atoms with Crippen molar-refractivity contribution in [1.29, 1.82) is 0 Å². The van der Waals surface area contributed by atoms with Crippen LogP contribution in [0.2, 0.25) is 0 Å². The van der Waals surface area contributed by atoms with Gasteiger partial charge in [0, 0.05) is 33.9 Å². The number of para-hydroxylation sites is 1. The minimum atomic E-state index is 0.875. The van der Waals surface area contributed by atoms with Crippen molar-refractivity contribution in [1.82, 2.24) is 0 Å². The summed E-state index contributed by atoms with van der Waals surface area (Å²) in [5.74, 6) is 0. The molecule has 0 amide bonds. The molecule has 0 unspecified atom stereocenters. The molecule has 1 aliphatic rings. The van der Waals surface area contributed by atoms with Crippen molar-refractivity contribution >= 4 is 66.6 Å². The summed E-state index contributed by atoms with van der Waals surface area (Å²) in [6.07, 6.45) is 6.80. The summed E-state index contributed by atoms with van der Waals surface area (Å²) in [4.78, 5) is 2.32. The van der Waals surface area contributed by atoms with Gasteiger partial charge in [-0.05, 0) is 116 Å². The minimum Gasteiger partial charge on any atom is -0.456 e. The molecule has 0 spiro atoms. The molecule has 8 aromatic carbocycles. The largest absolute Gasteiger partial charge is 0.456 e. The predicted octanol–water partition coefficient (Wildman–Crippen LogP) is 13.7. The van der Waals surface area contributed by atoms with Crippen LogP contribution in [0.3, 0.4) is 0 Å². The zero-order valence-electron chi connectivity index (χ0n) is 27.5. The molecule has 50 heavy (non-hydrogen) atoms. The Bertz CT molecular complexity index is 2740. The molecule has 0 fully saturated rings. The van der Waals surface area contributed by atoms with Gasteiger partial charge < -0.3 is 9.32 Å². The van der Waals surface area contributed by atoms with E-state index in [9.17, 15) is 0 Å². The van der Waals surface area contributed by atoms with Gasteiger partial charge in [-0.1, -0.05) is 121 Å². The van der Waals surface area contributed by atoms with Gasteiger partial charge in [0.1, 0.15) is 11.2 Å². The minimum absolute atomic E-state index is 0.875. The number of allylic oxidation sites excluding steroid dienone is 1. The second-order valence-corrected chi connectivity index (χ2v) is 13.2. The molecule has 0 bridgehead atoms. The molecule has 0 saturated heterocycles. The highest BCUT2D eigenvalue weighted by Crippen LogP contribution is 2.44. The highest BCUT2D eigenvalue weighted by atomic mass is 16.3. The Morgan fingerprint density at radius 2 is 1.12 bits per heavy atom. The first-order valence-corrected chi connectivity index (χ1v) is 17.4. The van der Waals surface area contributed by atoms with Crippen molar-refractivity contribution in [2.45, 2.75) is 12.8 Å². The van der Waals surface area contributed by atoms with Crippen molar-refractivity contribution in [2.24, 2.45) is 0 Å². The van der Waals surface area contributed by atoms with Crippen LogP contribution < -0.4 is 4.90 Å². The SMILES string of the molecule is C1=Cc2c(-c3ccc(N(c4ccccc4)c4ccc5c(c4)oc4cc(-c6ccccc6)c6ccccc6c45)cc3)cc3ccccc3c2CC1. The Morgan fingerprint density at radius 1 is 0.460 bits per heavy atom. The second-order valence-electron chi connectivity index (χ2n) is 13.2. The normalized spacial score (nSPS) is 12.6. The van der Waals surface area contributed by atoms with Gasteiger partial charge >= 0.3 is 0 Å². The topological polar surface area (TPSA) is 16.4 Å². The fraction of sp³-hybridized carbons (Fsp3) is 0.0417. The first-order chi connectivity index (χ1) is 24.8. The van der Waals surface area contributed by atoms with Gasteiger partial charge in [0.25, 0.3) is 0 Å². The van der Waals surface area contributed by atoms with Crippen LogP contribution >= 0.6 is 0 Å². The number of rotatable bonds is 5. The molecule has 10 rings (SSSR count). The third-order valence-electron chi connectivity index (χ3n) is 10.3. The first-order valence-electron chi connectivity index (χ1n) is 17.4. The molecule has 2 heteroatoms.